The van der Waals surface area contributed by atoms with Gasteiger partial charge in [-0.2, -0.15) is 0 Å². The first-order valence-corrected chi connectivity index (χ1v) is 6.19. The molecule has 0 aliphatic carbocycles. The Bertz CT molecular complexity index is 599. The summed E-state index contributed by atoms with van der Waals surface area (Å²) < 4.78 is 5.64. The van der Waals surface area contributed by atoms with E-state index in [-0.39, 0.29) is 11.3 Å². The second kappa shape index (κ2) is 5.71. The van der Waals surface area contributed by atoms with Gasteiger partial charge in [0.2, 0.25) is 5.88 Å². The molecule has 2 N–H and O–H groups in total. The first-order valence-electron chi connectivity index (χ1n) is 5.40. The largest absolute Gasteiger partial charge is 0.507 e. The van der Waals surface area contributed by atoms with E-state index in [2.05, 4.69) is 26.2 Å². The van der Waals surface area contributed by atoms with Crippen LogP contribution in [0.5, 0.6) is 11.6 Å². The molecule has 1 aromatic heterocycles. The van der Waals surface area contributed by atoms with Crippen molar-refractivity contribution in [3.63, 3.8) is 0 Å². The molecule has 1 aromatic carbocycles. The average molecular weight is 323 g/mol. The number of anilines is 1. The van der Waals surface area contributed by atoms with Crippen LogP contribution in [0.3, 0.4) is 0 Å². The Morgan fingerprint density at radius 1 is 1.37 bits per heavy atom. The van der Waals surface area contributed by atoms with Gasteiger partial charge in [0.25, 0.3) is 5.91 Å². The van der Waals surface area contributed by atoms with Crippen LogP contribution >= 0.6 is 15.9 Å². The molecule has 0 aliphatic heterocycles. The van der Waals surface area contributed by atoms with Crippen LogP contribution < -0.4 is 10.1 Å². The molecule has 0 atom stereocenters. The molecule has 0 saturated heterocycles. The van der Waals surface area contributed by atoms with Crippen LogP contribution in [0.2, 0.25) is 0 Å². The van der Waals surface area contributed by atoms with Crippen molar-refractivity contribution >= 4 is 27.5 Å². The standard InChI is InChI=1S/C13H11BrN2O3/c1-19-12-5-3-9(7-15-12)16-13(18)10-6-8(14)2-4-11(10)17/h2-7,17H,1H3,(H,16,18). The molecule has 0 saturated carbocycles. The monoisotopic (exact) mass is 322 g/mol. The lowest BCUT2D eigenvalue weighted by Crippen LogP contribution is -2.12. The van der Waals surface area contributed by atoms with Crippen molar-refractivity contribution in [1.82, 2.24) is 4.98 Å². The number of carbonyl (C=O) groups is 1. The molecule has 2 rings (SSSR count). The molecule has 6 heteroatoms. The van der Waals surface area contributed by atoms with Crippen LogP contribution in [0, 0.1) is 0 Å². The molecular weight excluding hydrogens is 312 g/mol. The Kier molecular flexibility index (Phi) is 4.01. The minimum absolute atomic E-state index is 0.0813. The minimum Gasteiger partial charge on any atom is -0.507 e. The summed E-state index contributed by atoms with van der Waals surface area (Å²) in [6, 6.07) is 7.95. The highest BCUT2D eigenvalue weighted by Gasteiger charge is 2.12. The van der Waals surface area contributed by atoms with Gasteiger partial charge in [-0.1, -0.05) is 15.9 Å². The van der Waals surface area contributed by atoms with Crippen LogP contribution in [-0.2, 0) is 0 Å². The second-order valence-electron chi connectivity index (χ2n) is 3.70. The van der Waals surface area contributed by atoms with Crippen LogP contribution in [-0.4, -0.2) is 23.1 Å². The summed E-state index contributed by atoms with van der Waals surface area (Å²) in [5, 5.41) is 12.3. The molecule has 1 amide bonds. The van der Waals surface area contributed by atoms with E-state index in [1.807, 2.05) is 0 Å². The zero-order valence-electron chi connectivity index (χ0n) is 10.1. The number of carbonyl (C=O) groups excluding carboxylic acids is 1. The van der Waals surface area contributed by atoms with Crippen LogP contribution in [0.25, 0.3) is 0 Å². The van der Waals surface area contributed by atoms with E-state index in [1.54, 1.807) is 24.3 Å². The maximum atomic E-state index is 12.0. The van der Waals surface area contributed by atoms with E-state index in [9.17, 15) is 9.90 Å². The summed E-state index contributed by atoms with van der Waals surface area (Å²) in [7, 11) is 1.51. The Hall–Kier alpha value is -2.08. The number of nitrogens with one attached hydrogen (secondary N) is 1. The lowest BCUT2D eigenvalue weighted by atomic mass is 10.2. The molecule has 0 unspecified atom stereocenters. The molecule has 19 heavy (non-hydrogen) atoms. The summed E-state index contributed by atoms with van der Waals surface area (Å²) in [4.78, 5) is 16.0. The topological polar surface area (TPSA) is 71.5 Å². The highest BCUT2D eigenvalue weighted by molar-refractivity contribution is 9.10. The van der Waals surface area contributed by atoms with E-state index in [0.717, 1.165) is 0 Å². The van der Waals surface area contributed by atoms with Gasteiger partial charge in [0.1, 0.15) is 5.75 Å². The molecule has 1 heterocycles. The maximum Gasteiger partial charge on any atom is 0.259 e. The Labute approximate surface area is 118 Å². The van der Waals surface area contributed by atoms with Crippen molar-refractivity contribution < 1.29 is 14.6 Å². The van der Waals surface area contributed by atoms with Crippen molar-refractivity contribution in [2.24, 2.45) is 0 Å². The third-order valence-electron chi connectivity index (χ3n) is 2.41. The number of pyridine rings is 1. The van der Waals surface area contributed by atoms with Crippen molar-refractivity contribution in [3.8, 4) is 11.6 Å². The van der Waals surface area contributed by atoms with Crippen molar-refractivity contribution in [2.75, 3.05) is 12.4 Å². The van der Waals surface area contributed by atoms with E-state index in [0.29, 0.717) is 16.0 Å². The van der Waals surface area contributed by atoms with Crippen LogP contribution in [0.15, 0.2) is 41.0 Å². The normalized spacial score (nSPS) is 10.0. The number of methoxy groups -OCH3 is 1. The Morgan fingerprint density at radius 2 is 2.16 bits per heavy atom. The van der Waals surface area contributed by atoms with Crippen molar-refractivity contribution in [1.29, 1.82) is 0 Å². The van der Waals surface area contributed by atoms with Crippen LogP contribution in [0.4, 0.5) is 5.69 Å². The predicted octanol–water partition coefficient (Wildman–Crippen LogP) is 2.81. The minimum atomic E-state index is -0.411. The zero-order valence-corrected chi connectivity index (χ0v) is 11.6. The van der Waals surface area contributed by atoms with Gasteiger partial charge in [-0.15, -0.1) is 0 Å². The number of hydrogen-bond acceptors (Lipinski definition) is 4. The number of benzene rings is 1. The number of halogens is 1. The number of nitrogens with zero attached hydrogens (tertiary/aromatic N) is 1. The molecule has 0 spiro atoms. The van der Waals surface area contributed by atoms with Gasteiger partial charge in [-0.05, 0) is 24.3 Å². The molecular formula is C13H11BrN2O3. The van der Waals surface area contributed by atoms with E-state index in [4.69, 9.17) is 4.74 Å². The number of aromatic hydroxyl groups is 1. The van der Waals surface area contributed by atoms with E-state index >= 15 is 0 Å². The summed E-state index contributed by atoms with van der Waals surface area (Å²) in [5.41, 5.74) is 0.704. The fraction of sp³-hybridized carbons (Fsp3) is 0.0769. The first kappa shape index (κ1) is 13.4. The molecule has 0 radical (unpaired) electrons. The van der Waals surface area contributed by atoms with Gasteiger partial charge in [0.05, 0.1) is 24.6 Å². The smallest absolute Gasteiger partial charge is 0.259 e. The number of ether oxygens (including phenoxy) is 1. The molecule has 0 aliphatic rings. The summed E-state index contributed by atoms with van der Waals surface area (Å²) in [5.74, 6) is -0.0313. The fourth-order valence-corrected chi connectivity index (χ4v) is 1.82. The summed E-state index contributed by atoms with van der Waals surface area (Å²) in [6.45, 7) is 0. The van der Waals surface area contributed by atoms with Crippen LogP contribution in [0.1, 0.15) is 10.4 Å². The summed E-state index contributed by atoms with van der Waals surface area (Å²) in [6.07, 6.45) is 1.48. The molecule has 2 aromatic rings. The maximum absolute atomic E-state index is 12.0. The SMILES string of the molecule is COc1ccc(NC(=O)c2cc(Br)ccc2O)cn1. The Morgan fingerprint density at radius 3 is 2.79 bits per heavy atom. The lowest BCUT2D eigenvalue weighted by molar-refractivity contribution is 0.102. The number of phenolic OH excluding ortho intramolecular Hbond substituents is 1. The lowest BCUT2D eigenvalue weighted by Gasteiger charge is -2.07. The highest BCUT2D eigenvalue weighted by atomic mass is 79.9. The average Bonchev–Trinajstić information content (AvgIpc) is 2.42. The van der Waals surface area contributed by atoms with Gasteiger partial charge < -0.3 is 15.2 Å². The third kappa shape index (κ3) is 3.23. The van der Waals surface area contributed by atoms with Gasteiger partial charge >= 0.3 is 0 Å². The number of rotatable bonds is 3. The van der Waals surface area contributed by atoms with E-state index in [1.165, 1.54) is 19.4 Å². The fourth-order valence-electron chi connectivity index (χ4n) is 1.46. The summed E-state index contributed by atoms with van der Waals surface area (Å²) >= 11 is 3.25. The quantitative estimate of drug-likeness (QED) is 0.911. The van der Waals surface area contributed by atoms with Gasteiger partial charge in [0, 0.05) is 10.5 Å². The molecule has 0 fully saturated rings. The predicted molar refractivity (Wildman–Crippen MR) is 74.5 cm³/mol. The molecule has 98 valence electrons. The van der Waals surface area contributed by atoms with Crippen molar-refractivity contribution in [3.05, 3.63) is 46.6 Å². The zero-order chi connectivity index (χ0) is 13.8. The number of phenols is 1. The number of hydrogen-bond donors (Lipinski definition) is 2. The molecule has 0 bridgehead atoms. The van der Waals surface area contributed by atoms with Gasteiger partial charge in [-0.25, -0.2) is 4.98 Å². The number of amides is 1. The Balaban J connectivity index is 2.18. The second-order valence-corrected chi connectivity index (χ2v) is 4.62. The third-order valence-corrected chi connectivity index (χ3v) is 2.90. The number of aromatic nitrogens is 1. The van der Waals surface area contributed by atoms with Gasteiger partial charge in [0.15, 0.2) is 0 Å². The van der Waals surface area contributed by atoms with Gasteiger partial charge in [-0.3, -0.25) is 4.79 Å². The van der Waals surface area contributed by atoms with E-state index < -0.39 is 5.91 Å². The first-order chi connectivity index (χ1) is 9.10. The molecule has 5 nitrogen and oxygen atoms in total. The van der Waals surface area contributed by atoms with Crippen molar-refractivity contribution in [2.45, 2.75) is 0 Å². The highest BCUT2D eigenvalue weighted by Crippen LogP contribution is 2.23.